The smallest absolute Gasteiger partial charge is 0.222 e. The van der Waals surface area contributed by atoms with Crippen LogP contribution in [0.1, 0.15) is 36.5 Å². The van der Waals surface area contributed by atoms with E-state index in [1.807, 2.05) is 29.2 Å². The molecule has 0 aliphatic carbocycles. The highest BCUT2D eigenvalue weighted by molar-refractivity contribution is 5.79. The van der Waals surface area contributed by atoms with Crippen molar-refractivity contribution in [1.82, 2.24) is 15.5 Å². The van der Waals surface area contributed by atoms with Crippen LogP contribution in [0.25, 0.3) is 0 Å². The maximum absolute atomic E-state index is 11.8. The van der Waals surface area contributed by atoms with Gasteiger partial charge in [-0.05, 0) is 43.5 Å². The normalized spacial score (nSPS) is 14.1. The average molecular weight is 409 g/mol. The quantitative estimate of drug-likeness (QED) is 0.380. The molecule has 160 valence electrons. The van der Waals surface area contributed by atoms with E-state index in [0.717, 1.165) is 42.3 Å². The lowest BCUT2D eigenvalue weighted by molar-refractivity contribution is -0.128. The molecule has 3 rings (SSSR count). The number of rotatable bonds is 9. The molecule has 6 nitrogen and oxygen atoms in total. The highest BCUT2D eigenvalue weighted by Gasteiger charge is 2.19. The summed E-state index contributed by atoms with van der Waals surface area (Å²) in [7, 11) is 0. The van der Waals surface area contributed by atoms with Gasteiger partial charge in [-0.2, -0.15) is 0 Å². The molecule has 1 saturated heterocycles. The summed E-state index contributed by atoms with van der Waals surface area (Å²) >= 11 is 0. The summed E-state index contributed by atoms with van der Waals surface area (Å²) in [6.45, 7) is 8.31. The van der Waals surface area contributed by atoms with E-state index >= 15 is 0 Å². The molecular formula is C24H32N4O2. The zero-order valence-electron chi connectivity index (χ0n) is 18.0. The van der Waals surface area contributed by atoms with Crippen LogP contribution < -0.4 is 15.4 Å². The Kier molecular flexibility index (Phi) is 8.12. The molecule has 0 radical (unpaired) electrons. The fraction of sp³-hybridized carbons (Fsp3) is 0.417. The molecule has 2 aromatic rings. The van der Waals surface area contributed by atoms with E-state index in [1.54, 1.807) is 0 Å². The van der Waals surface area contributed by atoms with Gasteiger partial charge in [-0.25, -0.2) is 4.99 Å². The Morgan fingerprint density at radius 3 is 2.47 bits per heavy atom. The van der Waals surface area contributed by atoms with Crippen LogP contribution in [0, 0.1) is 6.92 Å². The number of hydrogen-bond donors (Lipinski definition) is 2. The van der Waals surface area contributed by atoms with Crippen molar-refractivity contribution in [3.63, 3.8) is 0 Å². The predicted octanol–water partition coefficient (Wildman–Crippen LogP) is 3.25. The van der Waals surface area contributed by atoms with Gasteiger partial charge in [-0.3, -0.25) is 4.79 Å². The molecule has 2 aromatic carbocycles. The maximum atomic E-state index is 11.8. The first-order chi connectivity index (χ1) is 14.6. The molecule has 1 fully saturated rings. The Morgan fingerprint density at radius 2 is 1.80 bits per heavy atom. The molecule has 1 aliphatic heterocycles. The third kappa shape index (κ3) is 6.79. The molecule has 0 aromatic heterocycles. The van der Waals surface area contributed by atoms with Crippen LogP contribution in [-0.4, -0.2) is 43.0 Å². The number of aliphatic imine (C=N–C) groups is 1. The lowest BCUT2D eigenvalue weighted by Crippen LogP contribution is -2.39. The zero-order valence-corrected chi connectivity index (χ0v) is 18.0. The number of amides is 1. The van der Waals surface area contributed by atoms with E-state index in [1.165, 1.54) is 5.56 Å². The molecule has 2 N–H and O–H groups in total. The van der Waals surface area contributed by atoms with E-state index < -0.39 is 0 Å². The van der Waals surface area contributed by atoms with Gasteiger partial charge < -0.3 is 20.3 Å². The number of benzene rings is 2. The van der Waals surface area contributed by atoms with Gasteiger partial charge >= 0.3 is 0 Å². The first kappa shape index (κ1) is 21.7. The highest BCUT2D eigenvalue weighted by Crippen LogP contribution is 2.15. The van der Waals surface area contributed by atoms with Gasteiger partial charge in [-0.1, -0.05) is 42.0 Å². The maximum Gasteiger partial charge on any atom is 0.222 e. The van der Waals surface area contributed by atoms with Crippen LogP contribution in [0.2, 0.25) is 0 Å². The minimum Gasteiger partial charge on any atom is -0.492 e. The molecule has 6 heteroatoms. The van der Waals surface area contributed by atoms with Gasteiger partial charge in [-0.15, -0.1) is 0 Å². The number of aryl methyl sites for hydroxylation is 1. The molecule has 0 spiro atoms. The van der Waals surface area contributed by atoms with Gasteiger partial charge in [0.2, 0.25) is 5.91 Å². The van der Waals surface area contributed by atoms with Crippen LogP contribution in [0.15, 0.2) is 53.5 Å². The van der Waals surface area contributed by atoms with Crippen molar-refractivity contribution >= 4 is 11.9 Å². The van der Waals surface area contributed by atoms with Crippen molar-refractivity contribution < 1.29 is 9.53 Å². The fourth-order valence-electron chi connectivity index (χ4n) is 3.33. The number of nitrogens with one attached hydrogen (secondary N) is 2. The van der Waals surface area contributed by atoms with Crippen molar-refractivity contribution in [2.45, 2.75) is 39.8 Å². The van der Waals surface area contributed by atoms with E-state index in [4.69, 9.17) is 4.74 Å². The number of guanidine groups is 1. The largest absolute Gasteiger partial charge is 0.492 e. The standard InChI is InChI=1S/C24H32N4O2/c1-3-25-24(26-14-16-30-22-12-6-19(2)7-13-22)27-17-20-8-10-21(11-9-20)18-28-15-4-5-23(28)29/h6-13H,3-5,14-18H2,1-2H3,(H2,25,26,27). The molecule has 1 amide bonds. The van der Waals surface area contributed by atoms with Crippen molar-refractivity contribution in [2.75, 3.05) is 26.2 Å². The van der Waals surface area contributed by atoms with Crippen molar-refractivity contribution in [1.29, 1.82) is 0 Å². The Labute approximate surface area is 179 Å². The van der Waals surface area contributed by atoms with Crippen molar-refractivity contribution in [3.05, 3.63) is 65.2 Å². The second kappa shape index (κ2) is 11.2. The van der Waals surface area contributed by atoms with Gasteiger partial charge in [0.1, 0.15) is 12.4 Å². The molecule has 0 unspecified atom stereocenters. The van der Waals surface area contributed by atoms with Crippen LogP contribution in [0.4, 0.5) is 0 Å². The van der Waals surface area contributed by atoms with Crippen LogP contribution in [0.5, 0.6) is 5.75 Å². The van der Waals surface area contributed by atoms with E-state index in [9.17, 15) is 4.79 Å². The van der Waals surface area contributed by atoms with Gasteiger partial charge in [0.15, 0.2) is 5.96 Å². The lowest BCUT2D eigenvalue weighted by atomic mass is 10.1. The number of hydrogen-bond acceptors (Lipinski definition) is 3. The zero-order chi connectivity index (χ0) is 21.2. The summed E-state index contributed by atoms with van der Waals surface area (Å²) in [5, 5.41) is 6.57. The van der Waals surface area contributed by atoms with Gasteiger partial charge in [0, 0.05) is 26.1 Å². The third-order valence-electron chi connectivity index (χ3n) is 5.02. The third-order valence-corrected chi connectivity index (χ3v) is 5.02. The first-order valence-corrected chi connectivity index (χ1v) is 10.7. The van der Waals surface area contributed by atoms with Crippen LogP contribution >= 0.6 is 0 Å². The average Bonchev–Trinajstić information content (AvgIpc) is 3.16. The summed E-state index contributed by atoms with van der Waals surface area (Å²) < 4.78 is 5.75. The van der Waals surface area contributed by atoms with Gasteiger partial charge in [0.05, 0.1) is 13.1 Å². The Bertz CT molecular complexity index is 831. The predicted molar refractivity (Wildman–Crippen MR) is 121 cm³/mol. The Hall–Kier alpha value is -3.02. The van der Waals surface area contributed by atoms with E-state index in [-0.39, 0.29) is 5.91 Å². The number of carbonyl (C=O) groups excluding carboxylic acids is 1. The Morgan fingerprint density at radius 1 is 1.07 bits per heavy atom. The van der Waals surface area contributed by atoms with Crippen molar-refractivity contribution in [3.8, 4) is 5.75 Å². The van der Waals surface area contributed by atoms with Gasteiger partial charge in [0.25, 0.3) is 0 Å². The number of carbonyl (C=O) groups is 1. The second-order valence-electron chi connectivity index (χ2n) is 7.52. The molecule has 0 bridgehead atoms. The number of ether oxygens (including phenoxy) is 1. The molecular weight excluding hydrogens is 376 g/mol. The lowest BCUT2D eigenvalue weighted by Gasteiger charge is -2.15. The molecule has 1 heterocycles. The molecule has 0 atom stereocenters. The monoisotopic (exact) mass is 408 g/mol. The Balaban J connectivity index is 1.45. The molecule has 0 saturated carbocycles. The summed E-state index contributed by atoms with van der Waals surface area (Å²) in [5.74, 6) is 1.91. The molecule has 1 aliphatic rings. The van der Waals surface area contributed by atoms with E-state index in [2.05, 4.69) is 53.7 Å². The molecule has 30 heavy (non-hydrogen) atoms. The van der Waals surface area contributed by atoms with Crippen LogP contribution in [0.3, 0.4) is 0 Å². The second-order valence-corrected chi connectivity index (χ2v) is 7.52. The van der Waals surface area contributed by atoms with E-state index in [0.29, 0.717) is 32.7 Å². The minimum atomic E-state index is 0.261. The summed E-state index contributed by atoms with van der Waals surface area (Å²) in [6, 6.07) is 16.4. The number of likely N-dealkylation sites (tertiary alicyclic amines) is 1. The first-order valence-electron chi connectivity index (χ1n) is 10.7. The number of nitrogens with zero attached hydrogens (tertiary/aromatic N) is 2. The summed E-state index contributed by atoms with van der Waals surface area (Å²) in [5.41, 5.74) is 3.52. The fourth-order valence-corrected chi connectivity index (χ4v) is 3.33. The van der Waals surface area contributed by atoms with Crippen molar-refractivity contribution in [2.24, 2.45) is 4.99 Å². The SMILES string of the molecule is CCNC(=NCc1ccc(CN2CCCC2=O)cc1)NCCOc1ccc(C)cc1. The minimum absolute atomic E-state index is 0.261. The van der Waals surface area contributed by atoms with Crippen LogP contribution in [-0.2, 0) is 17.9 Å². The summed E-state index contributed by atoms with van der Waals surface area (Å²) in [4.78, 5) is 18.4. The topological polar surface area (TPSA) is 66.0 Å². The summed E-state index contributed by atoms with van der Waals surface area (Å²) in [6.07, 6.45) is 1.66. The highest BCUT2D eigenvalue weighted by atomic mass is 16.5.